The molecule has 0 aliphatic rings. The normalized spacial score (nSPS) is 9.86. The van der Waals surface area contributed by atoms with E-state index in [9.17, 15) is 0 Å². The van der Waals surface area contributed by atoms with Crippen LogP contribution in [-0.2, 0) is 0 Å². The third kappa shape index (κ3) is 1.42. The van der Waals surface area contributed by atoms with Gasteiger partial charge in [-0.15, -0.1) is 0 Å². The maximum absolute atomic E-state index is 2.28. The summed E-state index contributed by atoms with van der Waals surface area (Å²) < 4.78 is 1.56. The molecular weight excluding hydrogens is 219 g/mol. The first-order valence-corrected chi connectivity index (χ1v) is 6.13. The van der Waals surface area contributed by atoms with E-state index in [-0.39, 0.29) is 0 Å². The van der Waals surface area contributed by atoms with Crippen LogP contribution in [0.1, 0.15) is 0 Å². The van der Waals surface area contributed by atoms with Gasteiger partial charge in [-0.3, -0.25) is 0 Å². The van der Waals surface area contributed by atoms with E-state index < -0.39 is 0 Å². The summed E-state index contributed by atoms with van der Waals surface area (Å²) in [5.41, 5.74) is 0. The molecular formula is C5H6IS-. The van der Waals surface area contributed by atoms with E-state index in [4.69, 9.17) is 0 Å². The molecule has 0 amide bonds. The first kappa shape index (κ1) is 5.56. The molecule has 7 heavy (non-hydrogen) atoms. The number of rotatable bonds is 1. The molecule has 1 rings (SSSR count). The first-order valence-electron chi connectivity index (χ1n) is 1.95. The molecule has 0 aromatic carbocycles. The van der Waals surface area contributed by atoms with Crippen molar-refractivity contribution in [2.75, 3.05) is 4.93 Å². The Morgan fingerprint density at radius 3 is 2.86 bits per heavy atom. The van der Waals surface area contributed by atoms with E-state index in [1.165, 1.54) is 0 Å². The van der Waals surface area contributed by atoms with E-state index in [1.54, 1.807) is 14.9 Å². The molecule has 1 aromatic heterocycles. The fraction of sp³-hybridized carbons (Fsp3) is 0.200. The second-order valence-electron chi connectivity index (χ2n) is 1.13. The van der Waals surface area contributed by atoms with Gasteiger partial charge in [-0.05, 0) is 0 Å². The second kappa shape index (κ2) is 2.67. The van der Waals surface area contributed by atoms with Crippen LogP contribution in [0.4, 0.5) is 0 Å². The Balaban J connectivity index is 2.76. The summed E-state index contributed by atoms with van der Waals surface area (Å²) in [6.07, 6.45) is 0. The number of halogens is 1. The molecule has 0 N–H and O–H groups in total. The Morgan fingerprint density at radius 2 is 2.57 bits per heavy atom. The summed E-state index contributed by atoms with van der Waals surface area (Å²) in [5.74, 6) is 0. The summed E-state index contributed by atoms with van der Waals surface area (Å²) in [4.78, 5) is 2.28. The van der Waals surface area contributed by atoms with Crippen LogP contribution in [0.2, 0.25) is 0 Å². The van der Waals surface area contributed by atoms with Gasteiger partial charge in [-0.2, -0.15) is 0 Å². The Kier molecular flexibility index (Phi) is 2.12. The van der Waals surface area contributed by atoms with Crippen LogP contribution in [0, 0.1) is 3.57 Å². The van der Waals surface area contributed by atoms with Gasteiger partial charge in [0.25, 0.3) is 0 Å². The van der Waals surface area contributed by atoms with Crippen LogP contribution >= 0.6 is 11.3 Å². The second-order valence-corrected chi connectivity index (χ2v) is 4.23. The van der Waals surface area contributed by atoms with Crippen LogP contribution in [0.5, 0.6) is 0 Å². The van der Waals surface area contributed by atoms with Crippen molar-refractivity contribution in [3.63, 3.8) is 0 Å². The molecule has 0 unspecified atom stereocenters. The molecule has 0 saturated heterocycles. The molecule has 0 saturated carbocycles. The average molecular weight is 225 g/mol. The molecule has 0 radical (unpaired) electrons. The zero-order chi connectivity index (χ0) is 5.11. The zero-order valence-electron chi connectivity index (χ0n) is 4.02. The van der Waals surface area contributed by atoms with Gasteiger partial charge in [-0.25, -0.2) is 0 Å². The summed E-state index contributed by atoms with van der Waals surface area (Å²) in [5, 5.41) is 4.37. The Bertz CT molecular complexity index is 123. The van der Waals surface area contributed by atoms with Gasteiger partial charge >= 0.3 is 57.9 Å². The van der Waals surface area contributed by atoms with Gasteiger partial charge in [-0.1, -0.05) is 0 Å². The van der Waals surface area contributed by atoms with Crippen LogP contribution < -0.4 is 21.2 Å². The molecule has 2 heteroatoms. The number of hydrogen-bond donors (Lipinski definition) is 0. The predicted molar refractivity (Wildman–Crippen MR) is 28.9 cm³/mol. The number of hydrogen-bond acceptors (Lipinski definition) is 1. The van der Waals surface area contributed by atoms with E-state index >= 15 is 0 Å². The van der Waals surface area contributed by atoms with E-state index in [2.05, 4.69) is 21.8 Å². The Labute approximate surface area is 57.8 Å². The number of alkyl halides is 1. The fourth-order valence-corrected chi connectivity index (χ4v) is 2.94. The fourth-order valence-electron chi connectivity index (χ4n) is 0.355. The Hall–Kier alpha value is 0.430. The standard InChI is InChI=1S/C5H6IS/c1-6-5-2-3-7-4-5/h2-4H,1H3/q-1. The minimum absolute atomic E-state index is 0.357. The molecule has 0 bridgehead atoms. The molecule has 0 atom stereocenters. The van der Waals surface area contributed by atoms with Crippen LogP contribution in [0.3, 0.4) is 0 Å². The predicted octanol–water partition coefficient (Wildman–Crippen LogP) is -1.36. The number of thiophene rings is 1. The molecule has 0 nitrogen and oxygen atoms in total. The van der Waals surface area contributed by atoms with Crippen molar-refractivity contribution in [3.05, 3.63) is 20.4 Å². The quantitative estimate of drug-likeness (QED) is 0.409. The average Bonchev–Trinajstić information content (AvgIpc) is 2.14. The van der Waals surface area contributed by atoms with Gasteiger partial charge < -0.3 is 0 Å². The van der Waals surface area contributed by atoms with E-state index in [1.807, 2.05) is 0 Å². The SMILES string of the molecule is C[I-]c1ccsc1. The van der Waals surface area contributed by atoms with Crippen LogP contribution in [-0.4, -0.2) is 4.93 Å². The van der Waals surface area contributed by atoms with Crippen molar-refractivity contribution in [3.8, 4) is 0 Å². The van der Waals surface area contributed by atoms with Crippen LogP contribution in [0.25, 0.3) is 0 Å². The molecule has 0 aliphatic heterocycles. The summed E-state index contributed by atoms with van der Waals surface area (Å²) in [6.45, 7) is 0. The van der Waals surface area contributed by atoms with Crippen molar-refractivity contribution in [2.24, 2.45) is 0 Å². The molecule has 0 aliphatic carbocycles. The molecule has 0 spiro atoms. The van der Waals surface area contributed by atoms with Crippen LogP contribution in [0.15, 0.2) is 16.8 Å². The Morgan fingerprint density at radius 1 is 1.71 bits per heavy atom. The minimum atomic E-state index is 0.357. The summed E-state index contributed by atoms with van der Waals surface area (Å²) >= 11 is 2.15. The summed E-state index contributed by atoms with van der Waals surface area (Å²) in [6, 6.07) is 2.21. The molecule has 1 aromatic rings. The van der Waals surface area contributed by atoms with E-state index in [0.717, 1.165) is 0 Å². The van der Waals surface area contributed by atoms with Crippen molar-refractivity contribution < 1.29 is 21.2 Å². The van der Waals surface area contributed by atoms with Crippen molar-refractivity contribution in [2.45, 2.75) is 0 Å². The maximum atomic E-state index is 2.28. The van der Waals surface area contributed by atoms with Crippen molar-refractivity contribution in [1.82, 2.24) is 0 Å². The van der Waals surface area contributed by atoms with Crippen molar-refractivity contribution in [1.29, 1.82) is 0 Å². The van der Waals surface area contributed by atoms with Gasteiger partial charge in [0.1, 0.15) is 0 Å². The topological polar surface area (TPSA) is 0 Å². The van der Waals surface area contributed by atoms with E-state index in [0.29, 0.717) is 21.2 Å². The van der Waals surface area contributed by atoms with Gasteiger partial charge in [0.05, 0.1) is 0 Å². The molecule has 40 valence electrons. The van der Waals surface area contributed by atoms with Gasteiger partial charge in [0, 0.05) is 0 Å². The first-order chi connectivity index (χ1) is 3.43. The van der Waals surface area contributed by atoms with Crippen molar-refractivity contribution >= 4 is 11.3 Å². The monoisotopic (exact) mass is 225 g/mol. The van der Waals surface area contributed by atoms with Gasteiger partial charge in [0.2, 0.25) is 0 Å². The third-order valence-electron chi connectivity index (χ3n) is 0.705. The summed E-state index contributed by atoms with van der Waals surface area (Å²) in [7, 11) is 0. The molecule has 1 heterocycles. The zero-order valence-corrected chi connectivity index (χ0v) is 6.99. The third-order valence-corrected chi connectivity index (χ3v) is 3.73. The molecule has 0 fully saturated rings. The van der Waals surface area contributed by atoms with Gasteiger partial charge in [0.15, 0.2) is 0 Å².